The highest BCUT2D eigenvalue weighted by Gasteiger charge is 2.13. The lowest BCUT2D eigenvalue weighted by molar-refractivity contribution is -0.131. The van der Waals surface area contributed by atoms with Crippen LogP contribution in [0.1, 0.15) is 46.1 Å². The van der Waals surface area contributed by atoms with E-state index in [1.807, 2.05) is 45.0 Å². The van der Waals surface area contributed by atoms with E-state index in [-0.39, 0.29) is 23.9 Å². The number of amides is 2. The summed E-state index contributed by atoms with van der Waals surface area (Å²) in [6, 6.07) is 7.77. The fraction of sp³-hybridized carbons (Fsp3) is 0.529. The van der Waals surface area contributed by atoms with Crippen molar-refractivity contribution in [3.63, 3.8) is 0 Å². The molecule has 1 atom stereocenters. The van der Waals surface area contributed by atoms with Gasteiger partial charge in [-0.1, -0.05) is 12.1 Å². The van der Waals surface area contributed by atoms with Crippen molar-refractivity contribution in [3.05, 3.63) is 29.8 Å². The van der Waals surface area contributed by atoms with Gasteiger partial charge < -0.3 is 16.0 Å². The molecular formula is C17H27N3O2. The third-order valence-corrected chi connectivity index (χ3v) is 3.45. The number of hydrogen-bond donors (Lipinski definition) is 2. The van der Waals surface area contributed by atoms with Crippen LogP contribution in [0.4, 0.5) is 5.69 Å². The van der Waals surface area contributed by atoms with Crippen LogP contribution >= 0.6 is 0 Å². The molecule has 0 saturated carbocycles. The van der Waals surface area contributed by atoms with E-state index in [4.69, 9.17) is 5.73 Å². The Labute approximate surface area is 132 Å². The van der Waals surface area contributed by atoms with Crippen LogP contribution in [0.3, 0.4) is 0 Å². The van der Waals surface area contributed by atoms with Crippen LogP contribution in [0.2, 0.25) is 0 Å². The van der Waals surface area contributed by atoms with Gasteiger partial charge in [0.2, 0.25) is 11.8 Å². The van der Waals surface area contributed by atoms with Gasteiger partial charge in [0.1, 0.15) is 0 Å². The van der Waals surface area contributed by atoms with Crippen molar-refractivity contribution in [3.8, 4) is 0 Å². The third-order valence-electron chi connectivity index (χ3n) is 3.45. The van der Waals surface area contributed by atoms with Crippen LogP contribution in [0, 0.1) is 0 Å². The molecule has 1 aromatic carbocycles. The summed E-state index contributed by atoms with van der Waals surface area (Å²) in [5.74, 6) is 0.0286. The zero-order valence-electron chi connectivity index (χ0n) is 13.9. The summed E-state index contributed by atoms with van der Waals surface area (Å²) >= 11 is 0. The van der Waals surface area contributed by atoms with Crippen molar-refractivity contribution < 1.29 is 9.59 Å². The Balaban J connectivity index is 2.59. The van der Waals surface area contributed by atoms with Crippen LogP contribution in [0.15, 0.2) is 24.3 Å². The zero-order valence-corrected chi connectivity index (χ0v) is 13.9. The van der Waals surface area contributed by atoms with Crippen LogP contribution in [0.25, 0.3) is 0 Å². The van der Waals surface area contributed by atoms with Gasteiger partial charge in [-0.15, -0.1) is 0 Å². The van der Waals surface area contributed by atoms with Gasteiger partial charge in [0.05, 0.1) is 0 Å². The summed E-state index contributed by atoms with van der Waals surface area (Å²) in [4.78, 5) is 25.1. The second-order valence-corrected chi connectivity index (χ2v) is 6.00. The molecule has 0 bridgehead atoms. The number of anilines is 1. The van der Waals surface area contributed by atoms with E-state index in [2.05, 4.69) is 5.32 Å². The first-order valence-electron chi connectivity index (χ1n) is 7.71. The summed E-state index contributed by atoms with van der Waals surface area (Å²) in [5.41, 5.74) is 7.44. The van der Waals surface area contributed by atoms with Gasteiger partial charge in [-0.3, -0.25) is 9.59 Å². The van der Waals surface area contributed by atoms with Crippen LogP contribution in [-0.4, -0.2) is 28.8 Å². The molecular weight excluding hydrogens is 278 g/mol. The quantitative estimate of drug-likeness (QED) is 0.812. The molecule has 5 nitrogen and oxygen atoms in total. The Morgan fingerprint density at radius 1 is 1.18 bits per heavy atom. The largest absolute Gasteiger partial charge is 0.336 e. The second kappa shape index (κ2) is 8.54. The van der Waals surface area contributed by atoms with Gasteiger partial charge >= 0.3 is 0 Å². The fourth-order valence-electron chi connectivity index (χ4n) is 2.13. The summed E-state index contributed by atoms with van der Waals surface area (Å²) < 4.78 is 0. The highest BCUT2D eigenvalue weighted by atomic mass is 16.2. The zero-order chi connectivity index (χ0) is 16.7. The molecule has 0 radical (unpaired) electrons. The number of carbonyl (C=O) groups is 2. The molecule has 0 aromatic heterocycles. The molecule has 0 heterocycles. The predicted molar refractivity (Wildman–Crippen MR) is 89.3 cm³/mol. The Kier molecular flexibility index (Phi) is 7.05. The average Bonchev–Trinajstić information content (AvgIpc) is 2.43. The van der Waals surface area contributed by atoms with E-state index in [0.717, 1.165) is 11.3 Å². The van der Waals surface area contributed by atoms with Gasteiger partial charge in [0.25, 0.3) is 0 Å². The summed E-state index contributed by atoms with van der Waals surface area (Å²) in [6.07, 6.45) is 1.09. The first kappa shape index (κ1) is 18.2. The molecule has 122 valence electrons. The lowest BCUT2D eigenvalue weighted by Crippen LogP contribution is -2.34. The molecule has 1 rings (SSSR count). The van der Waals surface area contributed by atoms with Crippen molar-refractivity contribution in [2.75, 3.05) is 5.32 Å². The number of hydrogen-bond acceptors (Lipinski definition) is 3. The van der Waals surface area contributed by atoms with Gasteiger partial charge in [-0.25, -0.2) is 0 Å². The number of benzene rings is 1. The molecule has 0 fully saturated rings. The molecule has 0 aliphatic heterocycles. The number of carbonyl (C=O) groups excluding carboxylic acids is 2. The molecule has 0 aliphatic carbocycles. The van der Waals surface area contributed by atoms with Crippen LogP contribution in [-0.2, 0) is 16.1 Å². The molecule has 1 unspecified atom stereocenters. The normalized spacial score (nSPS) is 12.1. The van der Waals surface area contributed by atoms with E-state index in [0.29, 0.717) is 19.4 Å². The monoisotopic (exact) mass is 305 g/mol. The van der Waals surface area contributed by atoms with Crippen molar-refractivity contribution in [2.45, 2.75) is 59.2 Å². The third kappa shape index (κ3) is 6.26. The fourth-order valence-corrected chi connectivity index (χ4v) is 2.13. The molecule has 22 heavy (non-hydrogen) atoms. The Bertz CT molecular complexity index is 495. The number of nitrogens with two attached hydrogens (primary N) is 1. The maximum Gasteiger partial charge on any atom is 0.224 e. The van der Waals surface area contributed by atoms with Crippen molar-refractivity contribution >= 4 is 17.5 Å². The van der Waals surface area contributed by atoms with Gasteiger partial charge in [-0.05, 0) is 44.9 Å². The lowest BCUT2D eigenvalue weighted by atomic mass is 10.1. The number of nitrogens with zero attached hydrogens (tertiary/aromatic N) is 1. The first-order chi connectivity index (χ1) is 10.3. The maximum atomic E-state index is 11.7. The summed E-state index contributed by atoms with van der Waals surface area (Å²) in [6.45, 7) is 8.03. The summed E-state index contributed by atoms with van der Waals surface area (Å²) in [7, 11) is 0. The Morgan fingerprint density at radius 3 is 2.23 bits per heavy atom. The van der Waals surface area contributed by atoms with Crippen molar-refractivity contribution in [2.24, 2.45) is 5.73 Å². The lowest BCUT2D eigenvalue weighted by Gasteiger charge is -2.25. The Morgan fingerprint density at radius 2 is 1.77 bits per heavy atom. The molecule has 0 aliphatic rings. The van der Waals surface area contributed by atoms with Gasteiger partial charge in [0.15, 0.2) is 0 Å². The minimum Gasteiger partial charge on any atom is -0.336 e. The molecule has 1 aromatic rings. The van der Waals surface area contributed by atoms with Crippen LogP contribution in [0.5, 0.6) is 0 Å². The van der Waals surface area contributed by atoms with E-state index < -0.39 is 0 Å². The van der Waals surface area contributed by atoms with E-state index >= 15 is 0 Å². The van der Waals surface area contributed by atoms with Crippen molar-refractivity contribution in [1.29, 1.82) is 0 Å². The van der Waals surface area contributed by atoms with Crippen molar-refractivity contribution in [1.82, 2.24) is 4.90 Å². The summed E-state index contributed by atoms with van der Waals surface area (Å²) in [5, 5.41) is 2.85. The Hall–Kier alpha value is -1.88. The van der Waals surface area contributed by atoms with Gasteiger partial charge in [-0.2, -0.15) is 0 Å². The van der Waals surface area contributed by atoms with E-state index in [1.54, 1.807) is 11.8 Å². The minimum absolute atomic E-state index is 0.0294. The predicted octanol–water partition coefficient (Wildman–Crippen LogP) is 2.51. The van der Waals surface area contributed by atoms with E-state index in [1.165, 1.54) is 0 Å². The van der Waals surface area contributed by atoms with Crippen LogP contribution < -0.4 is 11.1 Å². The molecule has 5 heteroatoms. The van der Waals surface area contributed by atoms with E-state index in [9.17, 15) is 9.59 Å². The highest BCUT2D eigenvalue weighted by molar-refractivity contribution is 5.90. The average molecular weight is 305 g/mol. The first-order valence-corrected chi connectivity index (χ1v) is 7.71. The standard InChI is InChI=1S/C17H27N3O2/c1-12(2)20(14(4)21)11-15-6-8-16(9-7-15)19-17(22)10-5-13(3)18/h6-9,12-13H,5,10-11,18H2,1-4H3,(H,19,22). The molecule has 0 saturated heterocycles. The maximum absolute atomic E-state index is 11.7. The topological polar surface area (TPSA) is 75.4 Å². The number of rotatable bonds is 7. The molecule has 2 amide bonds. The smallest absolute Gasteiger partial charge is 0.224 e. The molecule has 3 N–H and O–H groups in total. The second-order valence-electron chi connectivity index (χ2n) is 6.00. The van der Waals surface area contributed by atoms with Gasteiger partial charge in [0, 0.05) is 37.7 Å². The molecule has 0 spiro atoms. The minimum atomic E-state index is -0.0300. The number of nitrogens with one attached hydrogen (secondary N) is 1. The SMILES string of the molecule is CC(=O)N(Cc1ccc(NC(=O)CCC(C)N)cc1)C(C)C. The highest BCUT2D eigenvalue weighted by Crippen LogP contribution is 2.14.